The molecule has 1 unspecified atom stereocenters. The summed E-state index contributed by atoms with van der Waals surface area (Å²) < 4.78 is 0. The zero-order valence-corrected chi connectivity index (χ0v) is 18.6. The molecule has 0 heterocycles. The molecule has 0 saturated carbocycles. The lowest BCUT2D eigenvalue weighted by atomic mass is 10.1. The monoisotopic (exact) mass is 434 g/mol. The normalized spacial score (nSPS) is 11.9. The van der Waals surface area contributed by atoms with E-state index < -0.39 is 6.04 Å². The van der Waals surface area contributed by atoms with Gasteiger partial charge in [0.2, 0.25) is 11.8 Å². The Morgan fingerprint density at radius 2 is 1.62 bits per heavy atom. The summed E-state index contributed by atoms with van der Waals surface area (Å²) in [5.41, 5.74) is 1.54. The molecule has 0 fully saturated rings. The summed E-state index contributed by atoms with van der Waals surface area (Å²) >= 11 is 12.7. The number of nitrogens with one attached hydrogen (secondary N) is 1. The summed E-state index contributed by atoms with van der Waals surface area (Å²) in [6.07, 6.45) is 0.698. The first-order valence-corrected chi connectivity index (χ1v) is 10.6. The molecule has 1 atom stereocenters. The topological polar surface area (TPSA) is 49.4 Å². The molecule has 1 N–H and O–H groups in total. The van der Waals surface area contributed by atoms with Crippen molar-refractivity contribution >= 4 is 35.0 Å². The van der Waals surface area contributed by atoms with Crippen molar-refractivity contribution in [3.8, 4) is 0 Å². The molecule has 4 nitrogen and oxygen atoms in total. The fourth-order valence-corrected chi connectivity index (χ4v) is 3.58. The molecule has 2 rings (SSSR count). The van der Waals surface area contributed by atoms with Gasteiger partial charge in [-0.2, -0.15) is 0 Å². The highest BCUT2D eigenvalue weighted by molar-refractivity contribution is 6.36. The predicted octanol–water partition coefficient (Wildman–Crippen LogP) is 5.12. The van der Waals surface area contributed by atoms with Crippen LogP contribution in [0.2, 0.25) is 10.0 Å². The van der Waals surface area contributed by atoms with Gasteiger partial charge in [0, 0.05) is 28.7 Å². The van der Waals surface area contributed by atoms with Crippen molar-refractivity contribution in [1.82, 2.24) is 10.2 Å². The van der Waals surface area contributed by atoms with Crippen molar-refractivity contribution < 1.29 is 9.59 Å². The molecular weight excluding hydrogens is 407 g/mol. The lowest BCUT2D eigenvalue weighted by Gasteiger charge is -2.31. The summed E-state index contributed by atoms with van der Waals surface area (Å²) in [5, 5.41) is 3.91. The number of carbonyl (C=O) groups is 2. The van der Waals surface area contributed by atoms with Crippen molar-refractivity contribution in [3.63, 3.8) is 0 Å². The fourth-order valence-electron chi connectivity index (χ4n) is 3.07. The first kappa shape index (κ1) is 23.2. The fraction of sp³-hybridized carbons (Fsp3) is 0.391. The van der Waals surface area contributed by atoms with E-state index in [0.29, 0.717) is 34.5 Å². The van der Waals surface area contributed by atoms with Crippen molar-refractivity contribution in [2.45, 2.75) is 46.2 Å². The Labute approximate surface area is 183 Å². The molecule has 0 aromatic heterocycles. The van der Waals surface area contributed by atoms with Gasteiger partial charge in [-0.05, 0) is 30.0 Å². The van der Waals surface area contributed by atoms with Crippen LogP contribution < -0.4 is 5.32 Å². The minimum Gasteiger partial charge on any atom is -0.354 e. The largest absolute Gasteiger partial charge is 0.354 e. The maximum absolute atomic E-state index is 13.2. The standard InChI is InChI=1S/C23H28Cl2N2O2/c1-4-21(23(29)26-14-16(2)3)27(15-18-19(24)11-8-12-20(18)25)22(28)13-17-9-6-5-7-10-17/h5-12,16,21H,4,13-15H2,1-3H3,(H,26,29). The van der Waals surface area contributed by atoms with Crippen molar-refractivity contribution in [2.75, 3.05) is 6.54 Å². The van der Waals surface area contributed by atoms with Gasteiger partial charge in [-0.15, -0.1) is 0 Å². The van der Waals surface area contributed by atoms with Crippen molar-refractivity contribution in [1.29, 1.82) is 0 Å². The lowest BCUT2D eigenvalue weighted by molar-refractivity contribution is -0.141. The number of hydrogen-bond donors (Lipinski definition) is 1. The Bertz CT molecular complexity index is 805. The molecule has 2 aromatic carbocycles. The van der Waals surface area contributed by atoms with E-state index >= 15 is 0 Å². The number of hydrogen-bond acceptors (Lipinski definition) is 2. The van der Waals surface area contributed by atoms with Gasteiger partial charge in [0.25, 0.3) is 0 Å². The molecular formula is C23H28Cl2N2O2. The van der Waals surface area contributed by atoms with Gasteiger partial charge in [-0.1, -0.05) is 80.4 Å². The molecule has 0 radical (unpaired) electrons. The van der Waals surface area contributed by atoms with Crippen LogP contribution in [0.1, 0.15) is 38.3 Å². The number of amides is 2. The van der Waals surface area contributed by atoms with Crippen molar-refractivity contribution in [2.24, 2.45) is 5.92 Å². The first-order chi connectivity index (χ1) is 13.8. The molecule has 0 bridgehead atoms. The first-order valence-electron chi connectivity index (χ1n) is 9.87. The Morgan fingerprint density at radius 3 is 2.17 bits per heavy atom. The molecule has 0 aliphatic heterocycles. The smallest absolute Gasteiger partial charge is 0.242 e. The highest BCUT2D eigenvalue weighted by Crippen LogP contribution is 2.27. The van der Waals surface area contributed by atoms with Gasteiger partial charge in [0.1, 0.15) is 6.04 Å². The Hall–Kier alpha value is -2.04. The molecule has 2 aromatic rings. The van der Waals surface area contributed by atoms with Crippen LogP contribution in [0.15, 0.2) is 48.5 Å². The van der Waals surface area contributed by atoms with E-state index in [9.17, 15) is 9.59 Å². The summed E-state index contributed by atoms with van der Waals surface area (Å²) in [5.74, 6) is 0.0208. The number of benzene rings is 2. The van der Waals surface area contributed by atoms with Crippen molar-refractivity contribution in [3.05, 3.63) is 69.7 Å². The molecule has 0 spiro atoms. The van der Waals surface area contributed by atoms with Gasteiger partial charge in [0.05, 0.1) is 6.42 Å². The number of rotatable bonds is 9. The quantitative estimate of drug-likeness (QED) is 0.595. The predicted molar refractivity (Wildman–Crippen MR) is 119 cm³/mol. The van der Waals surface area contributed by atoms with Crippen LogP contribution in [0, 0.1) is 5.92 Å². The van der Waals surface area contributed by atoms with Crippen LogP contribution in [-0.4, -0.2) is 29.3 Å². The second-order valence-corrected chi connectivity index (χ2v) is 8.26. The maximum atomic E-state index is 13.2. The van der Waals surface area contributed by atoms with Gasteiger partial charge in [-0.3, -0.25) is 9.59 Å². The second-order valence-electron chi connectivity index (χ2n) is 7.45. The van der Waals surface area contributed by atoms with Gasteiger partial charge in [-0.25, -0.2) is 0 Å². The molecule has 29 heavy (non-hydrogen) atoms. The average Bonchev–Trinajstić information content (AvgIpc) is 2.69. The molecule has 156 valence electrons. The number of carbonyl (C=O) groups excluding carboxylic acids is 2. The Morgan fingerprint density at radius 1 is 1.00 bits per heavy atom. The van der Waals surface area contributed by atoms with Crippen LogP contribution >= 0.6 is 23.2 Å². The molecule has 0 saturated heterocycles. The number of nitrogens with zero attached hydrogens (tertiary/aromatic N) is 1. The van der Waals surface area contributed by atoms with E-state index in [1.165, 1.54) is 0 Å². The highest BCUT2D eigenvalue weighted by atomic mass is 35.5. The zero-order chi connectivity index (χ0) is 21.4. The molecule has 0 aliphatic rings. The van der Waals surface area contributed by atoms with Crippen LogP contribution in [0.25, 0.3) is 0 Å². The molecule has 0 aliphatic carbocycles. The second kappa shape index (κ2) is 11.2. The average molecular weight is 435 g/mol. The third kappa shape index (κ3) is 6.76. The van der Waals surface area contributed by atoms with E-state index in [4.69, 9.17) is 23.2 Å². The van der Waals surface area contributed by atoms with Gasteiger partial charge < -0.3 is 10.2 Å². The summed E-state index contributed by atoms with van der Waals surface area (Å²) in [6.45, 7) is 6.70. The summed E-state index contributed by atoms with van der Waals surface area (Å²) in [7, 11) is 0. The molecule has 2 amide bonds. The zero-order valence-electron chi connectivity index (χ0n) is 17.1. The maximum Gasteiger partial charge on any atom is 0.242 e. The highest BCUT2D eigenvalue weighted by Gasteiger charge is 2.29. The summed E-state index contributed by atoms with van der Waals surface area (Å²) in [4.78, 5) is 27.7. The van der Waals surface area contributed by atoms with Crippen LogP contribution in [0.5, 0.6) is 0 Å². The SMILES string of the molecule is CCC(C(=O)NCC(C)C)N(Cc1c(Cl)cccc1Cl)C(=O)Cc1ccccc1. The van der Waals surface area contributed by atoms with Crippen LogP contribution in [-0.2, 0) is 22.6 Å². The summed E-state index contributed by atoms with van der Waals surface area (Å²) in [6, 6.07) is 14.1. The Balaban J connectivity index is 2.32. The third-order valence-electron chi connectivity index (χ3n) is 4.66. The van der Waals surface area contributed by atoms with E-state index in [-0.39, 0.29) is 24.8 Å². The van der Waals surface area contributed by atoms with E-state index in [2.05, 4.69) is 5.32 Å². The number of halogens is 2. The van der Waals surface area contributed by atoms with Crippen LogP contribution in [0.4, 0.5) is 0 Å². The van der Waals surface area contributed by atoms with E-state index in [1.54, 1.807) is 23.1 Å². The van der Waals surface area contributed by atoms with Gasteiger partial charge in [0.15, 0.2) is 0 Å². The third-order valence-corrected chi connectivity index (χ3v) is 5.37. The Kier molecular flexibility index (Phi) is 8.99. The van der Waals surface area contributed by atoms with Gasteiger partial charge >= 0.3 is 0 Å². The lowest BCUT2D eigenvalue weighted by Crippen LogP contribution is -2.50. The minimum atomic E-state index is -0.600. The molecule has 6 heteroatoms. The minimum absolute atomic E-state index is 0.140. The van der Waals surface area contributed by atoms with E-state index in [1.807, 2.05) is 51.1 Å². The van der Waals surface area contributed by atoms with E-state index in [0.717, 1.165) is 5.56 Å². The van der Waals surface area contributed by atoms with Crippen LogP contribution in [0.3, 0.4) is 0 Å².